The number of para-hydroxylation sites is 1. The van der Waals surface area contributed by atoms with Gasteiger partial charge < -0.3 is 9.52 Å². The molecule has 5 rings (SSSR count). The van der Waals surface area contributed by atoms with Crippen LogP contribution < -0.4 is 0 Å². The molecule has 26 heavy (non-hydrogen) atoms. The second-order valence-corrected chi connectivity index (χ2v) is 6.25. The summed E-state index contributed by atoms with van der Waals surface area (Å²) in [6.07, 6.45) is 0. The molecule has 0 fully saturated rings. The van der Waals surface area contributed by atoms with Crippen molar-refractivity contribution in [3.05, 3.63) is 84.9 Å². The van der Waals surface area contributed by atoms with E-state index >= 15 is 0 Å². The fourth-order valence-electron chi connectivity index (χ4n) is 3.34. The summed E-state index contributed by atoms with van der Waals surface area (Å²) in [5, 5.41) is 12.5. The van der Waals surface area contributed by atoms with Crippen LogP contribution in [0.5, 0.6) is 5.75 Å². The average molecular weight is 337 g/mol. The molecule has 0 spiro atoms. The first kappa shape index (κ1) is 14.7. The Morgan fingerprint density at radius 3 is 2.42 bits per heavy atom. The van der Waals surface area contributed by atoms with Crippen LogP contribution in [0.4, 0.5) is 0 Å². The second-order valence-electron chi connectivity index (χ2n) is 6.25. The van der Waals surface area contributed by atoms with Crippen LogP contribution >= 0.6 is 0 Å². The zero-order valence-electron chi connectivity index (χ0n) is 13.9. The fraction of sp³-hybridized carbons (Fsp3) is 0. The van der Waals surface area contributed by atoms with Gasteiger partial charge in [0.2, 0.25) is 5.89 Å². The highest BCUT2D eigenvalue weighted by molar-refractivity contribution is 5.98. The number of nitrogens with zero attached hydrogens (tertiary/aromatic N) is 1. The number of hydrogen-bond acceptors (Lipinski definition) is 3. The highest BCUT2D eigenvalue weighted by atomic mass is 16.3. The maximum absolute atomic E-state index is 10.0. The van der Waals surface area contributed by atoms with Gasteiger partial charge in [0, 0.05) is 0 Å². The molecule has 0 amide bonds. The third kappa shape index (κ3) is 2.33. The predicted molar refractivity (Wildman–Crippen MR) is 104 cm³/mol. The monoisotopic (exact) mass is 337 g/mol. The zero-order valence-corrected chi connectivity index (χ0v) is 13.9. The number of hydrogen-bond donors (Lipinski definition) is 1. The molecule has 0 aliphatic heterocycles. The fourth-order valence-corrected chi connectivity index (χ4v) is 3.34. The van der Waals surface area contributed by atoms with Crippen molar-refractivity contribution in [2.45, 2.75) is 0 Å². The van der Waals surface area contributed by atoms with Gasteiger partial charge in [-0.1, -0.05) is 60.7 Å². The minimum absolute atomic E-state index is 0.160. The number of phenols is 1. The van der Waals surface area contributed by atoms with Crippen molar-refractivity contribution in [2.24, 2.45) is 0 Å². The molecule has 0 atom stereocenters. The van der Waals surface area contributed by atoms with Crippen molar-refractivity contribution in [2.75, 3.05) is 0 Å². The molecule has 0 unspecified atom stereocenters. The van der Waals surface area contributed by atoms with E-state index in [1.165, 1.54) is 10.8 Å². The minimum atomic E-state index is 0.160. The van der Waals surface area contributed by atoms with Gasteiger partial charge in [-0.25, -0.2) is 4.98 Å². The molecule has 0 radical (unpaired) electrons. The van der Waals surface area contributed by atoms with Gasteiger partial charge in [0.05, 0.1) is 5.56 Å². The molecular formula is C23H15NO2. The number of benzene rings is 4. The minimum Gasteiger partial charge on any atom is -0.507 e. The summed E-state index contributed by atoms with van der Waals surface area (Å²) in [4.78, 5) is 4.58. The molecule has 3 nitrogen and oxygen atoms in total. The van der Waals surface area contributed by atoms with E-state index in [-0.39, 0.29) is 5.75 Å². The molecule has 0 aliphatic rings. The highest BCUT2D eigenvalue weighted by Crippen LogP contribution is 2.34. The lowest BCUT2D eigenvalue weighted by molar-refractivity contribution is 0.474. The lowest BCUT2D eigenvalue weighted by Crippen LogP contribution is -1.81. The average Bonchev–Trinajstić information content (AvgIpc) is 3.11. The topological polar surface area (TPSA) is 46.3 Å². The molecule has 124 valence electrons. The van der Waals surface area contributed by atoms with Gasteiger partial charge in [0.25, 0.3) is 0 Å². The third-order valence-corrected chi connectivity index (χ3v) is 4.62. The summed E-state index contributed by atoms with van der Waals surface area (Å²) in [6, 6.07) is 27.7. The van der Waals surface area contributed by atoms with Crippen molar-refractivity contribution < 1.29 is 9.52 Å². The van der Waals surface area contributed by atoms with Crippen LogP contribution in [0.1, 0.15) is 0 Å². The molecule has 3 heteroatoms. The van der Waals surface area contributed by atoms with E-state index in [1.54, 1.807) is 18.2 Å². The van der Waals surface area contributed by atoms with Gasteiger partial charge >= 0.3 is 0 Å². The molecule has 1 aromatic heterocycles. The molecule has 4 aromatic carbocycles. The van der Waals surface area contributed by atoms with Gasteiger partial charge in [-0.3, -0.25) is 0 Å². The van der Waals surface area contributed by atoms with Crippen LogP contribution in [-0.4, -0.2) is 10.1 Å². The van der Waals surface area contributed by atoms with Gasteiger partial charge in [-0.05, 0) is 46.2 Å². The summed E-state index contributed by atoms with van der Waals surface area (Å²) >= 11 is 0. The van der Waals surface area contributed by atoms with Crippen LogP contribution in [-0.2, 0) is 0 Å². The Labute approximate surface area is 150 Å². The van der Waals surface area contributed by atoms with Gasteiger partial charge in [-0.15, -0.1) is 0 Å². The Balaban J connectivity index is 1.68. The molecule has 0 bridgehead atoms. The van der Waals surface area contributed by atoms with Crippen molar-refractivity contribution in [1.29, 1.82) is 0 Å². The number of rotatable bonds is 2. The number of aromatic nitrogens is 1. The zero-order chi connectivity index (χ0) is 17.5. The maximum Gasteiger partial charge on any atom is 0.231 e. The van der Waals surface area contributed by atoms with Crippen molar-refractivity contribution >= 4 is 21.9 Å². The molecule has 1 N–H and O–H groups in total. The second kappa shape index (κ2) is 5.74. The van der Waals surface area contributed by atoms with E-state index in [0.717, 1.165) is 16.6 Å². The molecule has 0 saturated heterocycles. The normalized spacial score (nSPS) is 11.2. The lowest BCUT2D eigenvalue weighted by atomic mass is 9.98. The lowest BCUT2D eigenvalue weighted by Gasteiger charge is -2.06. The number of phenolic OH excluding ortho intramolecular Hbond substituents is 1. The van der Waals surface area contributed by atoms with E-state index in [0.29, 0.717) is 17.0 Å². The van der Waals surface area contributed by atoms with Crippen LogP contribution in [0.3, 0.4) is 0 Å². The maximum atomic E-state index is 10.0. The van der Waals surface area contributed by atoms with Gasteiger partial charge in [-0.2, -0.15) is 0 Å². The van der Waals surface area contributed by atoms with E-state index in [2.05, 4.69) is 41.4 Å². The summed E-state index contributed by atoms with van der Waals surface area (Å²) in [6.45, 7) is 0. The number of fused-ring (bicyclic) bond motifs is 2. The van der Waals surface area contributed by atoms with E-state index in [9.17, 15) is 5.11 Å². The van der Waals surface area contributed by atoms with Crippen molar-refractivity contribution in [3.8, 4) is 28.3 Å². The summed E-state index contributed by atoms with van der Waals surface area (Å²) in [5.41, 5.74) is 4.32. The van der Waals surface area contributed by atoms with Crippen LogP contribution in [0.2, 0.25) is 0 Å². The molecule has 5 aromatic rings. The highest BCUT2D eigenvalue weighted by Gasteiger charge is 2.13. The quantitative estimate of drug-likeness (QED) is 0.428. The smallest absolute Gasteiger partial charge is 0.231 e. The number of oxazole rings is 1. The Bertz CT molecular complexity index is 1250. The molecule has 0 aliphatic carbocycles. The van der Waals surface area contributed by atoms with Crippen LogP contribution in [0, 0.1) is 0 Å². The first-order valence-corrected chi connectivity index (χ1v) is 8.47. The first-order valence-electron chi connectivity index (χ1n) is 8.47. The van der Waals surface area contributed by atoms with E-state index in [4.69, 9.17) is 4.42 Å². The van der Waals surface area contributed by atoms with Crippen molar-refractivity contribution in [1.82, 2.24) is 4.98 Å². The van der Waals surface area contributed by atoms with Crippen LogP contribution in [0.15, 0.2) is 89.3 Å². The molecule has 1 heterocycles. The Morgan fingerprint density at radius 2 is 1.50 bits per heavy atom. The molecule has 0 saturated carbocycles. The molecular weight excluding hydrogens is 322 g/mol. The standard InChI is InChI=1S/C23H15NO2/c25-21-11-4-3-9-19(21)23-24-20-14-16(12-13-22(20)26-23)18-10-5-7-15-6-1-2-8-17(15)18/h1-14,25H. The van der Waals surface area contributed by atoms with Gasteiger partial charge in [0.1, 0.15) is 11.3 Å². The Hall–Kier alpha value is -3.59. The van der Waals surface area contributed by atoms with E-state index in [1.807, 2.05) is 30.3 Å². The van der Waals surface area contributed by atoms with Gasteiger partial charge in [0.15, 0.2) is 5.58 Å². The number of aromatic hydroxyl groups is 1. The summed E-state index contributed by atoms with van der Waals surface area (Å²) in [5.74, 6) is 0.585. The summed E-state index contributed by atoms with van der Waals surface area (Å²) in [7, 11) is 0. The first-order chi connectivity index (χ1) is 12.8. The third-order valence-electron chi connectivity index (χ3n) is 4.62. The van der Waals surface area contributed by atoms with Crippen molar-refractivity contribution in [3.63, 3.8) is 0 Å². The largest absolute Gasteiger partial charge is 0.507 e. The Morgan fingerprint density at radius 1 is 0.731 bits per heavy atom. The predicted octanol–water partition coefficient (Wildman–Crippen LogP) is 6.02. The summed E-state index contributed by atoms with van der Waals surface area (Å²) < 4.78 is 5.84. The van der Waals surface area contributed by atoms with Crippen LogP contribution in [0.25, 0.3) is 44.5 Å². The Kier molecular flexibility index (Phi) is 3.25. The van der Waals surface area contributed by atoms with E-state index < -0.39 is 0 Å². The SMILES string of the molecule is Oc1ccccc1-c1nc2cc(-c3cccc4ccccc34)ccc2o1.